The maximum absolute atomic E-state index is 4.83. The lowest BCUT2D eigenvalue weighted by molar-refractivity contribution is 0.404. The van der Waals surface area contributed by atoms with Gasteiger partial charge in [0.15, 0.2) is 0 Å². The number of hydrogen-bond donors (Lipinski definition) is 0. The number of rotatable bonds is 2. The van der Waals surface area contributed by atoms with Crippen LogP contribution in [-0.2, 0) is 0 Å². The van der Waals surface area contributed by atoms with Crippen LogP contribution in [0.1, 0.15) is 41.5 Å². The van der Waals surface area contributed by atoms with Crippen LogP contribution in [0.3, 0.4) is 0 Å². The van der Waals surface area contributed by atoms with Crippen LogP contribution in [-0.4, -0.2) is 22.6 Å². The van der Waals surface area contributed by atoms with Gasteiger partial charge in [0.1, 0.15) is 0 Å². The van der Waals surface area contributed by atoms with Gasteiger partial charge in [0.25, 0.3) is 0 Å². The van der Waals surface area contributed by atoms with Gasteiger partial charge in [-0.15, -0.1) is 0 Å². The van der Waals surface area contributed by atoms with Crippen LogP contribution in [0.25, 0.3) is 0 Å². The van der Waals surface area contributed by atoms with Gasteiger partial charge in [0.05, 0.1) is 5.54 Å². The second kappa shape index (κ2) is 4.62. The topological polar surface area (TPSA) is 28.0 Å². The van der Waals surface area contributed by atoms with Gasteiger partial charge in [-0.25, -0.2) is 9.98 Å². The highest BCUT2D eigenvalue weighted by Crippen LogP contribution is 2.32. The molecule has 0 N–H and O–H groups in total. The van der Waals surface area contributed by atoms with Crippen LogP contribution in [0.15, 0.2) is 34.5 Å². The zero-order valence-electron chi connectivity index (χ0n) is 12.9. The van der Waals surface area contributed by atoms with Crippen LogP contribution in [0.4, 0.5) is 0 Å². The van der Waals surface area contributed by atoms with Crippen LogP contribution in [0.5, 0.6) is 0 Å². The lowest BCUT2D eigenvalue weighted by atomic mass is 9.80. The Balaban J connectivity index is 2.39. The molecule has 2 heterocycles. The van der Waals surface area contributed by atoms with E-state index < -0.39 is 0 Å². The van der Waals surface area contributed by atoms with Gasteiger partial charge in [-0.3, -0.25) is 4.90 Å². The molecule has 104 valence electrons. The molecule has 2 unspecified atom stereocenters. The average Bonchev–Trinajstić information content (AvgIpc) is 2.50. The zero-order chi connectivity index (χ0) is 14.3. The third-order valence-electron chi connectivity index (χ3n) is 4.61. The average molecular weight is 259 g/mol. The SMILES string of the molecule is CC(C)C1(C)C=CN2C=CC(C)(C(C)C)N=C2N=C1. The highest BCUT2D eigenvalue weighted by atomic mass is 15.3. The lowest BCUT2D eigenvalue weighted by Gasteiger charge is -2.32. The summed E-state index contributed by atoms with van der Waals surface area (Å²) in [6, 6.07) is 0. The van der Waals surface area contributed by atoms with Gasteiger partial charge < -0.3 is 0 Å². The van der Waals surface area contributed by atoms with E-state index >= 15 is 0 Å². The molecule has 0 bridgehead atoms. The highest BCUT2D eigenvalue weighted by molar-refractivity contribution is 5.93. The maximum Gasteiger partial charge on any atom is 0.229 e. The van der Waals surface area contributed by atoms with Crippen LogP contribution < -0.4 is 0 Å². The fourth-order valence-electron chi connectivity index (χ4n) is 1.96. The molecular formula is C16H25N3. The highest BCUT2D eigenvalue weighted by Gasteiger charge is 2.32. The maximum atomic E-state index is 4.83. The van der Waals surface area contributed by atoms with Gasteiger partial charge in [-0.05, 0) is 24.8 Å². The minimum atomic E-state index is -0.157. The van der Waals surface area contributed by atoms with Crippen LogP contribution in [0, 0.1) is 17.3 Å². The van der Waals surface area contributed by atoms with Crippen molar-refractivity contribution in [3.63, 3.8) is 0 Å². The van der Waals surface area contributed by atoms with Crippen LogP contribution >= 0.6 is 0 Å². The van der Waals surface area contributed by atoms with Crippen molar-refractivity contribution in [3.05, 3.63) is 24.6 Å². The van der Waals surface area contributed by atoms with Crippen molar-refractivity contribution in [1.29, 1.82) is 0 Å². The van der Waals surface area contributed by atoms with Gasteiger partial charge in [0.2, 0.25) is 5.96 Å². The van der Waals surface area contributed by atoms with Crippen molar-refractivity contribution < 1.29 is 0 Å². The Morgan fingerprint density at radius 1 is 1.00 bits per heavy atom. The minimum Gasteiger partial charge on any atom is -0.294 e. The summed E-state index contributed by atoms with van der Waals surface area (Å²) in [5.74, 6) is 1.76. The van der Waals surface area contributed by atoms with Gasteiger partial charge >= 0.3 is 0 Å². The van der Waals surface area contributed by atoms with E-state index in [0.29, 0.717) is 11.8 Å². The normalized spacial score (nSPS) is 33.7. The molecule has 3 nitrogen and oxygen atoms in total. The molecule has 0 aliphatic carbocycles. The quantitative estimate of drug-likeness (QED) is 0.740. The Morgan fingerprint density at radius 2 is 1.63 bits per heavy atom. The standard InChI is InChI=1S/C16H25N3/c1-12(2)15(5)7-9-19-10-8-16(6,13(3)4)18-14(19)17-11-15/h7-13H,1-6H3. The first-order valence-electron chi connectivity index (χ1n) is 7.09. The van der Waals surface area contributed by atoms with E-state index in [-0.39, 0.29) is 11.0 Å². The van der Waals surface area contributed by atoms with E-state index in [0.717, 1.165) is 5.96 Å². The summed E-state index contributed by atoms with van der Waals surface area (Å²) in [7, 11) is 0. The Kier molecular flexibility index (Phi) is 3.41. The number of aliphatic imine (C=N–C) groups is 2. The Bertz CT molecular complexity index is 462. The predicted molar refractivity (Wildman–Crippen MR) is 82.2 cm³/mol. The second-order valence-corrected chi connectivity index (χ2v) is 6.61. The lowest BCUT2D eigenvalue weighted by Crippen LogP contribution is -2.35. The molecule has 0 aromatic rings. The van der Waals surface area contributed by atoms with Gasteiger partial charge in [0, 0.05) is 24.0 Å². The molecule has 0 aromatic carbocycles. The monoisotopic (exact) mass is 259 g/mol. The molecule has 2 rings (SSSR count). The molecule has 0 spiro atoms. The van der Waals surface area contributed by atoms with E-state index in [9.17, 15) is 0 Å². The Hall–Kier alpha value is -1.38. The first kappa shape index (κ1) is 14.0. The third-order valence-corrected chi connectivity index (χ3v) is 4.61. The molecule has 2 aliphatic heterocycles. The molecule has 2 atom stereocenters. The molecule has 0 radical (unpaired) electrons. The summed E-state index contributed by atoms with van der Waals surface area (Å²) >= 11 is 0. The van der Waals surface area contributed by atoms with Crippen molar-refractivity contribution in [2.75, 3.05) is 0 Å². The molecule has 0 aromatic heterocycles. The number of nitrogens with zero attached hydrogens (tertiary/aromatic N) is 3. The van der Waals surface area contributed by atoms with Crippen molar-refractivity contribution in [3.8, 4) is 0 Å². The molecular weight excluding hydrogens is 234 g/mol. The number of fused-ring (bicyclic) bond motifs is 1. The first-order chi connectivity index (χ1) is 8.77. The predicted octanol–water partition coefficient (Wildman–Crippen LogP) is 3.85. The fraction of sp³-hybridized carbons (Fsp3) is 0.625. The summed E-state index contributed by atoms with van der Waals surface area (Å²) in [5, 5.41) is 0. The van der Waals surface area contributed by atoms with Crippen molar-refractivity contribution in [2.24, 2.45) is 27.2 Å². The van der Waals surface area contributed by atoms with E-state index in [1.54, 1.807) is 0 Å². The number of hydrogen-bond acceptors (Lipinski definition) is 3. The molecule has 0 saturated heterocycles. The second-order valence-electron chi connectivity index (χ2n) is 6.61. The van der Waals surface area contributed by atoms with E-state index in [4.69, 9.17) is 4.99 Å². The molecule has 19 heavy (non-hydrogen) atoms. The summed E-state index contributed by atoms with van der Waals surface area (Å²) < 4.78 is 0. The summed E-state index contributed by atoms with van der Waals surface area (Å²) in [6.45, 7) is 13.2. The van der Waals surface area contributed by atoms with Gasteiger partial charge in [-0.1, -0.05) is 40.7 Å². The summed E-state index contributed by atoms with van der Waals surface area (Å²) in [4.78, 5) is 11.5. The summed E-state index contributed by atoms with van der Waals surface area (Å²) in [5.41, 5.74) is -0.169. The van der Waals surface area contributed by atoms with Crippen molar-refractivity contribution in [1.82, 2.24) is 4.90 Å². The minimum absolute atomic E-state index is 0.0120. The van der Waals surface area contributed by atoms with Crippen LogP contribution in [0.2, 0.25) is 0 Å². The number of allylic oxidation sites excluding steroid dienone is 1. The van der Waals surface area contributed by atoms with Gasteiger partial charge in [-0.2, -0.15) is 0 Å². The van der Waals surface area contributed by atoms with E-state index in [1.807, 2.05) is 11.1 Å². The smallest absolute Gasteiger partial charge is 0.229 e. The summed E-state index contributed by atoms with van der Waals surface area (Å²) in [6.07, 6.45) is 10.6. The molecule has 2 aliphatic rings. The molecule has 0 fully saturated rings. The van der Waals surface area contributed by atoms with E-state index in [1.165, 1.54) is 0 Å². The van der Waals surface area contributed by atoms with Crippen molar-refractivity contribution >= 4 is 12.2 Å². The zero-order valence-corrected chi connectivity index (χ0v) is 12.9. The van der Waals surface area contributed by atoms with Crippen molar-refractivity contribution in [2.45, 2.75) is 47.1 Å². The Labute approximate surface area is 116 Å². The molecule has 0 amide bonds. The molecule has 3 heteroatoms. The number of guanidine groups is 1. The first-order valence-corrected chi connectivity index (χ1v) is 7.09. The Morgan fingerprint density at radius 3 is 2.21 bits per heavy atom. The third kappa shape index (κ3) is 2.51. The molecule has 0 saturated carbocycles. The largest absolute Gasteiger partial charge is 0.294 e. The van der Waals surface area contributed by atoms with E-state index in [2.05, 4.69) is 71.1 Å². The fourth-order valence-corrected chi connectivity index (χ4v) is 1.96.